The molecule has 2 aromatic heterocycles. The lowest BCUT2D eigenvalue weighted by Gasteiger charge is -2.11. The standard InChI is InChI=1S/C26H27N3O4S/c1-5-34(32,33)20-10-11-23(30)21(14-20)27-24(31)15-22-25(19-9-8-16(2)18(4)13-19)28-26-17(3)7-6-12-29(22)26/h6-14,30H,5,15H2,1-4H3,(H,27,31). The molecular formula is C26H27N3O4S. The van der Waals surface area contributed by atoms with E-state index < -0.39 is 15.7 Å². The average Bonchev–Trinajstić information content (AvgIpc) is 3.16. The van der Waals surface area contributed by atoms with Crippen molar-refractivity contribution in [2.45, 2.75) is 39.0 Å². The number of anilines is 1. The first-order chi connectivity index (χ1) is 16.1. The van der Waals surface area contributed by atoms with Crippen molar-refractivity contribution in [1.29, 1.82) is 0 Å². The number of pyridine rings is 1. The Hall–Kier alpha value is -3.65. The van der Waals surface area contributed by atoms with E-state index in [4.69, 9.17) is 4.98 Å². The summed E-state index contributed by atoms with van der Waals surface area (Å²) in [6, 6.07) is 13.8. The quantitative estimate of drug-likeness (QED) is 0.395. The topological polar surface area (TPSA) is 101 Å². The lowest BCUT2D eigenvalue weighted by atomic mass is 10.0. The van der Waals surface area contributed by atoms with Crippen LogP contribution in [0.15, 0.2) is 59.6 Å². The number of nitrogens with zero attached hydrogens (tertiary/aromatic N) is 2. The number of imidazole rings is 1. The molecule has 0 aliphatic carbocycles. The Bertz CT molecular complexity index is 1520. The Morgan fingerprint density at radius 3 is 2.50 bits per heavy atom. The molecule has 0 atom stereocenters. The van der Waals surface area contributed by atoms with Crippen LogP contribution in [0.25, 0.3) is 16.9 Å². The highest BCUT2D eigenvalue weighted by molar-refractivity contribution is 7.91. The number of carbonyl (C=O) groups is 1. The zero-order valence-corrected chi connectivity index (χ0v) is 20.4. The van der Waals surface area contributed by atoms with Gasteiger partial charge >= 0.3 is 0 Å². The van der Waals surface area contributed by atoms with Gasteiger partial charge < -0.3 is 14.8 Å². The Morgan fingerprint density at radius 2 is 1.79 bits per heavy atom. The third-order valence-electron chi connectivity index (χ3n) is 6.03. The molecule has 176 valence electrons. The molecule has 2 N–H and O–H groups in total. The van der Waals surface area contributed by atoms with E-state index in [9.17, 15) is 18.3 Å². The molecule has 2 heterocycles. The number of sulfone groups is 1. The first-order valence-electron chi connectivity index (χ1n) is 11.0. The maximum Gasteiger partial charge on any atom is 0.230 e. The molecule has 7 nitrogen and oxygen atoms in total. The zero-order valence-electron chi connectivity index (χ0n) is 19.6. The maximum atomic E-state index is 13.1. The van der Waals surface area contributed by atoms with E-state index in [0.717, 1.165) is 22.3 Å². The summed E-state index contributed by atoms with van der Waals surface area (Å²) in [6.45, 7) is 7.59. The molecule has 0 aliphatic heterocycles. The molecule has 4 rings (SSSR count). The number of rotatable bonds is 6. The normalized spacial score (nSPS) is 11.6. The SMILES string of the molecule is CCS(=O)(=O)c1ccc(O)c(NC(=O)Cc2c(-c3ccc(C)c(C)c3)nc3c(C)cccn23)c1. The first-order valence-corrected chi connectivity index (χ1v) is 12.7. The molecular weight excluding hydrogens is 450 g/mol. The Kier molecular flexibility index (Phi) is 6.18. The highest BCUT2D eigenvalue weighted by Crippen LogP contribution is 2.30. The summed E-state index contributed by atoms with van der Waals surface area (Å²) >= 11 is 0. The van der Waals surface area contributed by atoms with Gasteiger partial charge in [0.1, 0.15) is 11.4 Å². The number of phenols is 1. The predicted molar refractivity (Wildman–Crippen MR) is 133 cm³/mol. The fourth-order valence-corrected chi connectivity index (χ4v) is 4.77. The van der Waals surface area contributed by atoms with Crippen molar-refractivity contribution in [3.8, 4) is 17.0 Å². The van der Waals surface area contributed by atoms with Crippen LogP contribution in [0, 0.1) is 20.8 Å². The van der Waals surface area contributed by atoms with E-state index in [0.29, 0.717) is 11.4 Å². The minimum atomic E-state index is -3.48. The van der Waals surface area contributed by atoms with Crippen molar-refractivity contribution in [2.24, 2.45) is 0 Å². The Labute approximate surface area is 199 Å². The molecule has 1 amide bonds. The second-order valence-electron chi connectivity index (χ2n) is 8.40. The largest absolute Gasteiger partial charge is 0.506 e. The van der Waals surface area contributed by atoms with Gasteiger partial charge in [0.15, 0.2) is 9.84 Å². The van der Waals surface area contributed by atoms with Crippen LogP contribution in [0.5, 0.6) is 5.75 Å². The van der Waals surface area contributed by atoms with Crippen LogP contribution in [0.1, 0.15) is 29.3 Å². The Balaban J connectivity index is 1.74. The van der Waals surface area contributed by atoms with Crippen molar-refractivity contribution in [2.75, 3.05) is 11.1 Å². The van der Waals surface area contributed by atoms with Gasteiger partial charge in [0.25, 0.3) is 0 Å². The van der Waals surface area contributed by atoms with E-state index in [2.05, 4.69) is 11.4 Å². The van der Waals surface area contributed by atoms with Crippen molar-refractivity contribution in [3.05, 3.63) is 77.1 Å². The number of amides is 1. The molecule has 0 unspecified atom stereocenters. The van der Waals surface area contributed by atoms with Crippen LogP contribution in [-0.4, -0.2) is 34.6 Å². The third-order valence-corrected chi connectivity index (χ3v) is 7.77. The molecule has 2 aromatic carbocycles. The van der Waals surface area contributed by atoms with Gasteiger partial charge in [-0.15, -0.1) is 0 Å². The van der Waals surface area contributed by atoms with Crippen LogP contribution in [-0.2, 0) is 21.1 Å². The number of phenolic OH excluding ortho intramolecular Hbond substituents is 1. The van der Waals surface area contributed by atoms with Crippen molar-refractivity contribution < 1.29 is 18.3 Å². The van der Waals surface area contributed by atoms with E-state index in [-0.39, 0.29) is 28.5 Å². The van der Waals surface area contributed by atoms with Gasteiger partial charge in [-0.3, -0.25) is 4.79 Å². The highest BCUT2D eigenvalue weighted by Gasteiger charge is 2.20. The van der Waals surface area contributed by atoms with Crippen LogP contribution in [0.3, 0.4) is 0 Å². The van der Waals surface area contributed by atoms with Crippen molar-refractivity contribution in [3.63, 3.8) is 0 Å². The smallest absolute Gasteiger partial charge is 0.230 e. The minimum absolute atomic E-state index is 0.0168. The van der Waals surface area contributed by atoms with Crippen molar-refractivity contribution >= 4 is 27.1 Å². The van der Waals surface area contributed by atoms with Gasteiger partial charge in [-0.05, 0) is 67.8 Å². The number of aromatic nitrogens is 2. The third kappa shape index (κ3) is 4.41. The second-order valence-corrected chi connectivity index (χ2v) is 10.7. The number of hydrogen-bond donors (Lipinski definition) is 2. The molecule has 0 fully saturated rings. The summed E-state index contributed by atoms with van der Waals surface area (Å²) in [5.41, 5.74) is 6.41. The number of aryl methyl sites for hydroxylation is 3. The lowest BCUT2D eigenvalue weighted by molar-refractivity contribution is -0.115. The summed E-state index contributed by atoms with van der Waals surface area (Å²) in [5, 5.41) is 12.9. The molecule has 0 bridgehead atoms. The summed E-state index contributed by atoms with van der Waals surface area (Å²) in [4.78, 5) is 18.0. The van der Waals surface area contributed by atoms with Crippen LogP contribution in [0.4, 0.5) is 5.69 Å². The summed E-state index contributed by atoms with van der Waals surface area (Å²) in [5.74, 6) is -0.674. The van der Waals surface area contributed by atoms with Crippen LogP contribution < -0.4 is 5.32 Å². The van der Waals surface area contributed by atoms with Gasteiger partial charge in [-0.1, -0.05) is 25.1 Å². The second kappa shape index (κ2) is 8.95. The molecule has 0 saturated heterocycles. The van der Waals surface area contributed by atoms with E-state index >= 15 is 0 Å². The number of hydrogen-bond acceptors (Lipinski definition) is 5. The summed E-state index contributed by atoms with van der Waals surface area (Å²) in [7, 11) is -3.48. The molecule has 0 radical (unpaired) electrons. The highest BCUT2D eigenvalue weighted by atomic mass is 32.2. The Morgan fingerprint density at radius 1 is 1.03 bits per heavy atom. The number of carbonyl (C=O) groups excluding carboxylic acids is 1. The average molecular weight is 478 g/mol. The zero-order chi connectivity index (χ0) is 24.6. The predicted octanol–water partition coefficient (Wildman–Crippen LogP) is 4.61. The van der Waals surface area contributed by atoms with E-state index in [1.54, 1.807) is 6.92 Å². The number of nitrogens with one attached hydrogen (secondary N) is 1. The fraction of sp³-hybridized carbons (Fsp3) is 0.231. The van der Waals surface area contributed by atoms with Gasteiger partial charge in [0, 0.05) is 11.8 Å². The van der Waals surface area contributed by atoms with Crippen LogP contribution >= 0.6 is 0 Å². The summed E-state index contributed by atoms with van der Waals surface area (Å²) in [6.07, 6.45) is 1.85. The van der Waals surface area contributed by atoms with Gasteiger partial charge in [0.2, 0.25) is 5.91 Å². The lowest BCUT2D eigenvalue weighted by Crippen LogP contribution is -2.16. The number of aromatic hydroxyl groups is 1. The maximum absolute atomic E-state index is 13.1. The number of benzene rings is 2. The molecule has 0 aliphatic rings. The van der Waals surface area contributed by atoms with Crippen molar-refractivity contribution in [1.82, 2.24) is 9.38 Å². The van der Waals surface area contributed by atoms with Gasteiger partial charge in [-0.25, -0.2) is 13.4 Å². The molecule has 8 heteroatoms. The fourth-order valence-electron chi connectivity index (χ4n) is 3.86. The van der Waals surface area contributed by atoms with Gasteiger partial charge in [-0.2, -0.15) is 0 Å². The molecule has 0 saturated carbocycles. The molecule has 4 aromatic rings. The number of fused-ring (bicyclic) bond motifs is 1. The van der Waals surface area contributed by atoms with Gasteiger partial charge in [0.05, 0.1) is 34.1 Å². The monoisotopic (exact) mass is 477 g/mol. The van der Waals surface area contributed by atoms with Crippen LogP contribution in [0.2, 0.25) is 0 Å². The van der Waals surface area contributed by atoms with E-state index in [1.807, 2.05) is 55.6 Å². The van der Waals surface area contributed by atoms with E-state index in [1.165, 1.54) is 23.8 Å². The summed E-state index contributed by atoms with van der Waals surface area (Å²) < 4.78 is 26.4. The molecule has 34 heavy (non-hydrogen) atoms. The first kappa shape index (κ1) is 23.5. The molecule has 0 spiro atoms. The minimum Gasteiger partial charge on any atom is -0.506 e.